The molecule has 128 valence electrons. The molecule has 0 saturated carbocycles. The number of piperidine rings is 1. The minimum atomic E-state index is 0.159. The number of aromatic nitrogens is 2. The van der Waals surface area contributed by atoms with E-state index in [9.17, 15) is 4.79 Å². The minimum absolute atomic E-state index is 0.159. The van der Waals surface area contributed by atoms with Crippen molar-refractivity contribution in [2.24, 2.45) is 0 Å². The lowest BCUT2D eigenvalue weighted by Crippen LogP contribution is -2.50. The Morgan fingerprint density at radius 3 is 2.61 bits per heavy atom. The molecule has 3 heterocycles. The fraction of sp³-hybridized carbons (Fsp3) is 0.778. The van der Waals surface area contributed by atoms with E-state index in [1.54, 1.807) is 0 Å². The van der Waals surface area contributed by atoms with E-state index < -0.39 is 0 Å². The maximum Gasteiger partial charge on any atom is 0.272 e. The van der Waals surface area contributed by atoms with E-state index in [2.05, 4.69) is 14.9 Å². The lowest BCUT2D eigenvalue weighted by Gasteiger charge is -2.39. The van der Waals surface area contributed by atoms with Gasteiger partial charge in [-0.3, -0.25) is 14.4 Å². The van der Waals surface area contributed by atoms with Crippen LogP contribution in [0.3, 0.4) is 0 Å². The number of likely N-dealkylation sites (tertiary alicyclic amines) is 2. The smallest absolute Gasteiger partial charge is 0.272 e. The average Bonchev–Trinajstić information content (AvgIpc) is 2.77. The molecule has 2 aliphatic heterocycles. The van der Waals surface area contributed by atoms with E-state index in [-0.39, 0.29) is 5.91 Å². The standard InChI is InChI=1S/C18H30N4O/c1-3-22-17(13-15(2)19-22)18(23)21-12-8-9-16(14-21)20-10-6-4-5-7-11-20/h13,16H,3-12,14H2,1-2H3/t16-/m1/s1. The number of amides is 1. The third-order valence-corrected chi connectivity index (χ3v) is 5.26. The highest BCUT2D eigenvalue weighted by atomic mass is 16.2. The Morgan fingerprint density at radius 2 is 1.91 bits per heavy atom. The lowest BCUT2D eigenvalue weighted by molar-refractivity contribution is 0.0567. The molecule has 5 nitrogen and oxygen atoms in total. The zero-order valence-electron chi connectivity index (χ0n) is 14.6. The van der Waals surface area contributed by atoms with Gasteiger partial charge in [0.2, 0.25) is 0 Å². The van der Waals surface area contributed by atoms with E-state index in [4.69, 9.17) is 0 Å². The Morgan fingerprint density at radius 1 is 1.17 bits per heavy atom. The third kappa shape index (κ3) is 3.77. The van der Waals surface area contributed by atoms with Crippen molar-refractivity contribution in [2.75, 3.05) is 26.2 Å². The number of carbonyl (C=O) groups excluding carboxylic acids is 1. The molecule has 1 aromatic rings. The van der Waals surface area contributed by atoms with Crippen LogP contribution in [0.4, 0.5) is 0 Å². The SMILES string of the molecule is CCn1nc(C)cc1C(=O)N1CCC[C@@H](N2CCCCCC2)C1. The molecule has 2 aliphatic rings. The third-order valence-electron chi connectivity index (χ3n) is 5.26. The van der Waals surface area contributed by atoms with E-state index in [1.807, 2.05) is 24.6 Å². The molecular formula is C18H30N4O. The molecule has 0 radical (unpaired) electrons. The summed E-state index contributed by atoms with van der Waals surface area (Å²) in [7, 11) is 0. The minimum Gasteiger partial charge on any atom is -0.336 e. The van der Waals surface area contributed by atoms with Crippen molar-refractivity contribution >= 4 is 5.91 Å². The maximum absolute atomic E-state index is 12.9. The van der Waals surface area contributed by atoms with Crippen LogP contribution in [0.15, 0.2) is 6.07 Å². The predicted molar refractivity (Wildman–Crippen MR) is 91.6 cm³/mol. The number of aryl methyl sites for hydroxylation is 2. The Bertz CT molecular complexity index is 531. The van der Waals surface area contributed by atoms with Crippen LogP contribution in [-0.4, -0.2) is 57.7 Å². The van der Waals surface area contributed by atoms with E-state index >= 15 is 0 Å². The second kappa shape index (κ2) is 7.47. The van der Waals surface area contributed by atoms with Crippen molar-refractivity contribution in [3.8, 4) is 0 Å². The molecule has 5 heteroatoms. The molecule has 1 amide bonds. The highest BCUT2D eigenvalue weighted by Crippen LogP contribution is 2.21. The van der Waals surface area contributed by atoms with Crippen molar-refractivity contribution in [3.05, 3.63) is 17.5 Å². The summed E-state index contributed by atoms with van der Waals surface area (Å²) in [5.41, 5.74) is 1.68. The predicted octanol–water partition coefficient (Wildman–Crippen LogP) is 2.69. The molecule has 0 N–H and O–H groups in total. The summed E-state index contributed by atoms with van der Waals surface area (Å²) in [6.45, 7) is 8.93. The summed E-state index contributed by atoms with van der Waals surface area (Å²) >= 11 is 0. The normalized spacial score (nSPS) is 23.7. The molecule has 23 heavy (non-hydrogen) atoms. The van der Waals surface area contributed by atoms with Gasteiger partial charge < -0.3 is 4.90 Å². The van der Waals surface area contributed by atoms with Gasteiger partial charge in [-0.2, -0.15) is 5.10 Å². The Labute approximate surface area is 139 Å². The average molecular weight is 318 g/mol. The molecule has 0 unspecified atom stereocenters. The van der Waals surface area contributed by atoms with Crippen molar-refractivity contribution in [2.45, 2.75) is 65.0 Å². The zero-order chi connectivity index (χ0) is 16.2. The highest BCUT2D eigenvalue weighted by molar-refractivity contribution is 5.92. The van der Waals surface area contributed by atoms with Crippen LogP contribution in [0.1, 0.15) is 61.6 Å². The van der Waals surface area contributed by atoms with Crippen molar-refractivity contribution in [1.82, 2.24) is 19.6 Å². The first-order valence-corrected chi connectivity index (χ1v) is 9.27. The number of rotatable bonds is 3. The van der Waals surface area contributed by atoms with Crippen LogP contribution in [0.2, 0.25) is 0 Å². The highest BCUT2D eigenvalue weighted by Gasteiger charge is 2.29. The number of carbonyl (C=O) groups is 1. The molecule has 0 aliphatic carbocycles. The number of hydrogen-bond donors (Lipinski definition) is 0. The Balaban J connectivity index is 1.68. The van der Waals surface area contributed by atoms with Gasteiger partial charge in [-0.1, -0.05) is 12.8 Å². The molecular weight excluding hydrogens is 288 g/mol. The quantitative estimate of drug-likeness (QED) is 0.860. The van der Waals surface area contributed by atoms with E-state index in [0.29, 0.717) is 6.04 Å². The van der Waals surface area contributed by atoms with Crippen molar-refractivity contribution < 1.29 is 4.79 Å². The van der Waals surface area contributed by atoms with Crippen LogP contribution in [0.25, 0.3) is 0 Å². The fourth-order valence-electron chi connectivity index (χ4n) is 4.02. The summed E-state index contributed by atoms with van der Waals surface area (Å²) in [6, 6.07) is 2.48. The van der Waals surface area contributed by atoms with Gasteiger partial charge in [0, 0.05) is 25.7 Å². The molecule has 3 rings (SSSR count). The largest absolute Gasteiger partial charge is 0.336 e. The van der Waals surface area contributed by atoms with Gasteiger partial charge in [-0.05, 0) is 58.7 Å². The first-order chi connectivity index (χ1) is 11.2. The van der Waals surface area contributed by atoms with Crippen LogP contribution in [0, 0.1) is 6.92 Å². The maximum atomic E-state index is 12.9. The molecule has 2 saturated heterocycles. The zero-order valence-corrected chi connectivity index (χ0v) is 14.6. The summed E-state index contributed by atoms with van der Waals surface area (Å²) in [5.74, 6) is 0.159. The molecule has 0 spiro atoms. The van der Waals surface area contributed by atoms with E-state index in [1.165, 1.54) is 45.2 Å². The van der Waals surface area contributed by atoms with Gasteiger partial charge in [-0.15, -0.1) is 0 Å². The summed E-state index contributed by atoms with van der Waals surface area (Å²) in [5, 5.41) is 4.43. The number of hydrogen-bond acceptors (Lipinski definition) is 3. The van der Waals surface area contributed by atoms with Gasteiger partial charge in [0.25, 0.3) is 5.91 Å². The molecule has 1 atom stereocenters. The molecule has 2 fully saturated rings. The second-order valence-electron chi connectivity index (χ2n) is 6.98. The Kier molecular flexibility index (Phi) is 5.36. The summed E-state index contributed by atoms with van der Waals surface area (Å²) in [4.78, 5) is 17.6. The lowest BCUT2D eigenvalue weighted by atomic mass is 10.0. The molecule has 1 aromatic heterocycles. The Hall–Kier alpha value is -1.36. The first-order valence-electron chi connectivity index (χ1n) is 9.27. The fourth-order valence-corrected chi connectivity index (χ4v) is 4.02. The number of nitrogens with zero attached hydrogens (tertiary/aromatic N) is 4. The molecule has 0 bridgehead atoms. The van der Waals surface area contributed by atoms with Crippen molar-refractivity contribution in [3.63, 3.8) is 0 Å². The topological polar surface area (TPSA) is 41.4 Å². The first kappa shape index (κ1) is 16.5. The van der Waals surface area contributed by atoms with Crippen LogP contribution >= 0.6 is 0 Å². The van der Waals surface area contributed by atoms with Gasteiger partial charge in [-0.25, -0.2) is 0 Å². The van der Waals surface area contributed by atoms with Gasteiger partial charge in [0.1, 0.15) is 5.69 Å². The second-order valence-corrected chi connectivity index (χ2v) is 6.98. The van der Waals surface area contributed by atoms with Crippen LogP contribution in [-0.2, 0) is 6.54 Å². The molecule has 0 aromatic carbocycles. The van der Waals surface area contributed by atoms with Crippen molar-refractivity contribution in [1.29, 1.82) is 0 Å². The summed E-state index contributed by atoms with van der Waals surface area (Å²) < 4.78 is 1.84. The van der Waals surface area contributed by atoms with Crippen LogP contribution in [0.5, 0.6) is 0 Å². The van der Waals surface area contributed by atoms with Crippen LogP contribution < -0.4 is 0 Å². The summed E-state index contributed by atoms with van der Waals surface area (Å²) in [6.07, 6.45) is 7.70. The van der Waals surface area contributed by atoms with Gasteiger partial charge >= 0.3 is 0 Å². The monoisotopic (exact) mass is 318 g/mol. The van der Waals surface area contributed by atoms with Gasteiger partial charge in [0.05, 0.1) is 5.69 Å². The van der Waals surface area contributed by atoms with E-state index in [0.717, 1.165) is 37.4 Å². The van der Waals surface area contributed by atoms with Gasteiger partial charge in [0.15, 0.2) is 0 Å².